The van der Waals surface area contributed by atoms with E-state index in [2.05, 4.69) is 11.2 Å². The van der Waals surface area contributed by atoms with Crippen molar-refractivity contribution in [3.05, 3.63) is 29.8 Å². The van der Waals surface area contributed by atoms with E-state index < -0.39 is 0 Å². The summed E-state index contributed by atoms with van der Waals surface area (Å²) in [6, 6.07) is 7.40. The molecule has 2 atom stereocenters. The summed E-state index contributed by atoms with van der Waals surface area (Å²) in [6.45, 7) is 2.36. The molecule has 2 rings (SSSR count). The number of carbonyl (C=O) groups excluding carboxylic acids is 1. The van der Waals surface area contributed by atoms with Crippen LogP contribution < -0.4 is 10.1 Å². The fraction of sp³-hybridized carbons (Fsp3) is 0.357. The molecule has 0 bridgehead atoms. The van der Waals surface area contributed by atoms with E-state index in [1.807, 2.05) is 24.3 Å². The zero-order valence-electron chi connectivity index (χ0n) is 9.77. The van der Waals surface area contributed by atoms with E-state index in [-0.39, 0.29) is 17.9 Å². The van der Waals surface area contributed by atoms with Gasteiger partial charge < -0.3 is 10.1 Å². The van der Waals surface area contributed by atoms with Crippen molar-refractivity contribution < 1.29 is 9.53 Å². The number of para-hydroxylation sites is 1. The number of rotatable bonds is 2. The summed E-state index contributed by atoms with van der Waals surface area (Å²) in [6.07, 6.45) is 5.95. The van der Waals surface area contributed by atoms with E-state index in [0.717, 1.165) is 11.3 Å². The highest BCUT2D eigenvalue weighted by molar-refractivity contribution is 5.85. The van der Waals surface area contributed by atoms with Crippen LogP contribution in [-0.4, -0.2) is 18.6 Å². The Morgan fingerprint density at radius 1 is 1.59 bits per heavy atom. The summed E-state index contributed by atoms with van der Waals surface area (Å²) in [4.78, 5) is 12.1. The summed E-state index contributed by atoms with van der Waals surface area (Å²) in [5.41, 5.74) is 0.945. The summed E-state index contributed by atoms with van der Waals surface area (Å²) in [7, 11) is 0. The lowest BCUT2D eigenvalue weighted by molar-refractivity contribution is -0.123. The molecule has 1 amide bonds. The van der Waals surface area contributed by atoms with Gasteiger partial charge in [0.1, 0.15) is 5.75 Å². The maximum absolute atomic E-state index is 12.1. The number of terminal acetylenes is 1. The molecule has 0 radical (unpaired) electrons. The molecule has 17 heavy (non-hydrogen) atoms. The van der Waals surface area contributed by atoms with Crippen molar-refractivity contribution in [2.75, 3.05) is 6.61 Å². The van der Waals surface area contributed by atoms with Crippen LogP contribution in [0.3, 0.4) is 0 Å². The predicted molar refractivity (Wildman–Crippen MR) is 65.7 cm³/mol. The van der Waals surface area contributed by atoms with E-state index in [0.29, 0.717) is 13.0 Å². The molecular formula is C14H15NO2. The third kappa shape index (κ3) is 2.42. The van der Waals surface area contributed by atoms with Gasteiger partial charge in [-0.25, -0.2) is 0 Å². The van der Waals surface area contributed by atoms with Gasteiger partial charge in [0.25, 0.3) is 0 Å². The van der Waals surface area contributed by atoms with Crippen LogP contribution in [0.5, 0.6) is 5.75 Å². The molecule has 0 fully saturated rings. The van der Waals surface area contributed by atoms with Crippen LogP contribution in [0.25, 0.3) is 0 Å². The molecule has 1 aromatic rings. The van der Waals surface area contributed by atoms with Gasteiger partial charge in [0, 0.05) is 5.56 Å². The Hall–Kier alpha value is -1.95. The molecule has 1 aromatic carbocycles. The second-order valence-corrected chi connectivity index (χ2v) is 4.12. The van der Waals surface area contributed by atoms with Gasteiger partial charge in [0.2, 0.25) is 5.91 Å². The fourth-order valence-electron chi connectivity index (χ4n) is 1.97. The average Bonchev–Trinajstić information content (AvgIpc) is 2.37. The van der Waals surface area contributed by atoms with Gasteiger partial charge in [0.05, 0.1) is 18.6 Å². The van der Waals surface area contributed by atoms with E-state index >= 15 is 0 Å². The van der Waals surface area contributed by atoms with Crippen molar-refractivity contribution in [3.8, 4) is 18.1 Å². The average molecular weight is 229 g/mol. The molecule has 3 heteroatoms. The molecular weight excluding hydrogens is 214 g/mol. The van der Waals surface area contributed by atoms with Gasteiger partial charge in [-0.1, -0.05) is 24.1 Å². The molecule has 1 N–H and O–H groups in total. The second kappa shape index (κ2) is 4.92. The number of hydrogen-bond acceptors (Lipinski definition) is 2. The Morgan fingerprint density at radius 3 is 3.12 bits per heavy atom. The Balaban J connectivity index is 2.19. The normalized spacial score (nSPS) is 19.4. The lowest BCUT2D eigenvalue weighted by atomic mass is 9.92. The quantitative estimate of drug-likeness (QED) is 0.784. The molecule has 0 aliphatic carbocycles. The lowest BCUT2D eigenvalue weighted by Gasteiger charge is -2.25. The summed E-state index contributed by atoms with van der Waals surface area (Å²) in [5, 5.41) is 2.81. The first-order valence-electron chi connectivity index (χ1n) is 5.70. The topological polar surface area (TPSA) is 38.3 Å². The van der Waals surface area contributed by atoms with Crippen molar-refractivity contribution in [1.29, 1.82) is 0 Å². The molecule has 0 aromatic heterocycles. The van der Waals surface area contributed by atoms with E-state index in [9.17, 15) is 4.79 Å². The first-order valence-corrected chi connectivity index (χ1v) is 5.70. The first-order chi connectivity index (χ1) is 8.22. The van der Waals surface area contributed by atoms with Crippen LogP contribution in [0.2, 0.25) is 0 Å². The summed E-state index contributed by atoms with van der Waals surface area (Å²) >= 11 is 0. The van der Waals surface area contributed by atoms with E-state index in [1.54, 1.807) is 6.92 Å². The largest absolute Gasteiger partial charge is 0.493 e. The van der Waals surface area contributed by atoms with Crippen LogP contribution in [0, 0.1) is 12.3 Å². The molecule has 0 spiro atoms. The van der Waals surface area contributed by atoms with Crippen molar-refractivity contribution in [1.82, 2.24) is 5.32 Å². The van der Waals surface area contributed by atoms with Gasteiger partial charge in [-0.15, -0.1) is 6.42 Å². The number of carbonyl (C=O) groups is 1. The predicted octanol–water partition coefficient (Wildman–Crippen LogP) is 1.69. The highest BCUT2D eigenvalue weighted by atomic mass is 16.5. The molecule has 3 nitrogen and oxygen atoms in total. The standard InChI is InChI=1S/C14H15NO2/c1-3-10(2)15-14(16)12-8-9-17-13-7-5-4-6-11(12)13/h1,4-7,10,12H,8-9H2,2H3,(H,15,16). The van der Waals surface area contributed by atoms with Gasteiger partial charge in [0.15, 0.2) is 0 Å². The molecule has 2 unspecified atom stereocenters. The number of nitrogens with one attached hydrogen (secondary N) is 1. The maximum Gasteiger partial charge on any atom is 0.228 e. The molecule has 0 saturated heterocycles. The van der Waals surface area contributed by atoms with Crippen LogP contribution in [0.1, 0.15) is 24.8 Å². The first kappa shape index (κ1) is 11.5. The van der Waals surface area contributed by atoms with Gasteiger partial charge in [-0.2, -0.15) is 0 Å². The molecule has 1 aliphatic rings. The van der Waals surface area contributed by atoms with Gasteiger partial charge >= 0.3 is 0 Å². The zero-order chi connectivity index (χ0) is 12.3. The number of amides is 1. The minimum absolute atomic E-state index is 0.0220. The summed E-state index contributed by atoms with van der Waals surface area (Å²) < 4.78 is 5.51. The summed E-state index contributed by atoms with van der Waals surface area (Å²) in [5.74, 6) is 3.12. The minimum atomic E-state index is -0.238. The van der Waals surface area contributed by atoms with Crippen LogP contribution in [-0.2, 0) is 4.79 Å². The Bertz CT molecular complexity index is 462. The lowest BCUT2D eigenvalue weighted by Crippen LogP contribution is -2.37. The Kier molecular flexibility index (Phi) is 3.34. The number of benzene rings is 1. The van der Waals surface area contributed by atoms with Crippen molar-refractivity contribution in [2.24, 2.45) is 0 Å². The SMILES string of the molecule is C#CC(C)NC(=O)C1CCOc2ccccc21. The number of fused-ring (bicyclic) bond motifs is 1. The van der Waals surface area contributed by atoms with Crippen molar-refractivity contribution in [3.63, 3.8) is 0 Å². The van der Waals surface area contributed by atoms with Gasteiger partial charge in [-0.3, -0.25) is 4.79 Å². The zero-order valence-corrected chi connectivity index (χ0v) is 9.77. The third-order valence-electron chi connectivity index (χ3n) is 2.88. The van der Waals surface area contributed by atoms with Crippen molar-refractivity contribution >= 4 is 5.91 Å². The molecule has 1 heterocycles. The second-order valence-electron chi connectivity index (χ2n) is 4.12. The highest BCUT2D eigenvalue weighted by Crippen LogP contribution is 2.33. The van der Waals surface area contributed by atoms with Crippen LogP contribution in [0.4, 0.5) is 0 Å². The number of ether oxygens (including phenoxy) is 1. The Morgan fingerprint density at radius 2 is 2.35 bits per heavy atom. The maximum atomic E-state index is 12.1. The third-order valence-corrected chi connectivity index (χ3v) is 2.88. The highest BCUT2D eigenvalue weighted by Gasteiger charge is 2.27. The number of hydrogen-bond donors (Lipinski definition) is 1. The smallest absolute Gasteiger partial charge is 0.228 e. The van der Waals surface area contributed by atoms with Crippen molar-refractivity contribution in [2.45, 2.75) is 25.3 Å². The minimum Gasteiger partial charge on any atom is -0.493 e. The molecule has 0 saturated carbocycles. The monoisotopic (exact) mass is 229 g/mol. The van der Waals surface area contributed by atoms with E-state index in [1.165, 1.54) is 0 Å². The molecule has 88 valence electrons. The van der Waals surface area contributed by atoms with E-state index in [4.69, 9.17) is 11.2 Å². The van der Waals surface area contributed by atoms with Crippen LogP contribution in [0.15, 0.2) is 24.3 Å². The van der Waals surface area contributed by atoms with Crippen LogP contribution >= 0.6 is 0 Å². The molecule has 1 aliphatic heterocycles. The van der Waals surface area contributed by atoms with Gasteiger partial charge in [-0.05, 0) is 19.4 Å². The Labute approximate surface area is 101 Å². The fourth-order valence-corrected chi connectivity index (χ4v) is 1.97.